The van der Waals surface area contributed by atoms with Gasteiger partial charge in [0.25, 0.3) is 6.29 Å². The Morgan fingerprint density at radius 2 is 0.704 bits per heavy atom. The highest BCUT2D eigenvalue weighted by molar-refractivity contribution is 5.71. The molecular weight excluding hydrogens is 1010 g/mol. The Hall–Kier alpha value is -3.27. The van der Waals surface area contributed by atoms with Gasteiger partial charge in [0.05, 0.1) is 34.4 Å². The molecule has 0 heterocycles. The second-order valence-electron chi connectivity index (χ2n) is 24.1. The van der Waals surface area contributed by atoms with Crippen molar-refractivity contribution in [2.24, 2.45) is 0 Å². The lowest BCUT2D eigenvalue weighted by Gasteiger charge is -2.25. The van der Waals surface area contributed by atoms with E-state index >= 15 is 0 Å². The van der Waals surface area contributed by atoms with Crippen molar-refractivity contribution in [3.8, 4) is 0 Å². The minimum Gasteiger partial charge on any atom is -0.477 e. The molecule has 0 aliphatic rings. The lowest BCUT2D eigenvalue weighted by atomic mass is 10.0. The Kier molecular flexibility index (Phi) is 60.2. The fraction of sp³-hybridized carbons (Fsp3) is 0.792. The van der Waals surface area contributed by atoms with Crippen LogP contribution in [0.15, 0.2) is 72.9 Å². The van der Waals surface area contributed by atoms with Crippen LogP contribution in [0.2, 0.25) is 0 Å². The van der Waals surface area contributed by atoms with Crippen molar-refractivity contribution in [1.29, 1.82) is 0 Å². The van der Waals surface area contributed by atoms with Crippen LogP contribution < -0.4 is 0 Å². The maximum atomic E-state index is 12.9. The van der Waals surface area contributed by atoms with Crippen LogP contribution >= 0.6 is 0 Å². The molecule has 9 heteroatoms. The van der Waals surface area contributed by atoms with Crippen molar-refractivity contribution in [2.45, 2.75) is 322 Å². The summed E-state index contributed by atoms with van der Waals surface area (Å²) in [5.74, 6) is -1.99. The van der Waals surface area contributed by atoms with Crippen LogP contribution in [0.3, 0.4) is 0 Å². The molecule has 2 atom stereocenters. The number of hydrogen-bond donors (Lipinski definition) is 1. The molecule has 0 saturated carbocycles. The molecule has 470 valence electrons. The molecule has 81 heavy (non-hydrogen) atoms. The summed E-state index contributed by atoms with van der Waals surface area (Å²) in [5, 5.41) is 9.74. The second kappa shape index (κ2) is 62.8. The van der Waals surface area contributed by atoms with Crippen molar-refractivity contribution in [3.63, 3.8) is 0 Å². The number of likely N-dealkylation sites (N-methyl/N-ethyl adjacent to an activating group) is 1. The number of aliphatic carboxylic acids is 1. The zero-order valence-electron chi connectivity index (χ0n) is 53.7. The van der Waals surface area contributed by atoms with Crippen molar-refractivity contribution in [2.75, 3.05) is 47.5 Å². The summed E-state index contributed by atoms with van der Waals surface area (Å²) in [6.07, 6.45) is 80.1. The van der Waals surface area contributed by atoms with Gasteiger partial charge in [-0.1, -0.05) is 286 Å². The molecule has 0 saturated heterocycles. The molecule has 0 rings (SSSR count). The maximum absolute atomic E-state index is 12.9. The second-order valence-corrected chi connectivity index (χ2v) is 24.1. The van der Waals surface area contributed by atoms with Gasteiger partial charge >= 0.3 is 17.9 Å². The average molecular weight is 1140 g/mol. The third kappa shape index (κ3) is 64.1. The van der Waals surface area contributed by atoms with E-state index in [0.717, 1.165) is 70.6 Å². The molecule has 0 aliphatic heterocycles. The molecule has 0 fully saturated rings. The van der Waals surface area contributed by atoms with Crippen molar-refractivity contribution in [3.05, 3.63) is 72.9 Å². The van der Waals surface area contributed by atoms with E-state index in [2.05, 4.69) is 86.8 Å². The maximum Gasteiger partial charge on any atom is 0.361 e. The van der Waals surface area contributed by atoms with Crippen LogP contribution in [0.5, 0.6) is 0 Å². The zero-order chi connectivity index (χ0) is 59.1. The molecule has 0 aromatic carbocycles. The number of hydrogen-bond acceptors (Lipinski definition) is 7. The predicted molar refractivity (Wildman–Crippen MR) is 346 cm³/mol. The number of carboxylic acids is 1. The van der Waals surface area contributed by atoms with E-state index in [1.807, 2.05) is 21.1 Å². The number of carboxylic acid groups (broad SMARTS) is 1. The molecule has 9 nitrogen and oxygen atoms in total. The summed E-state index contributed by atoms with van der Waals surface area (Å²) in [7, 11) is 5.98. The Bertz CT molecular complexity index is 1560. The van der Waals surface area contributed by atoms with E-state index in [1.165, 1.54) is 212 Å². The van der Waals surface area contributed by atoms with E-state index < -0.39 is 24.3 Å². The molecule has 0 radical (unpaired) electrons. The standard InChI is InChI=1S/C72H129NO8/c1-6-8-10-12-14-16-18-20-22-24-26-28-29-30-31-32-33-34-35-36-37-38-39-40-41-43-45-47-49-51-53-55-57-59-61-63-70(75)81-68(67-80-72(71(76)77)78-65-64-73(3,4)5)66-79-69(74)62-60-58-56-54-52-50-48-46-44-42-27-25-23-21-19-17-15-13-11-9-7-2/h8,10,14,16,20,22,25-28,30-31,68,72H,6-7,9,11-13,15,17-19,21,23-24,29,32-67H2,1-5H3/p+1/b10-8-,16-14-,22-20-,27-25-,28-26-,31-30-. The fourth-order valence-electron chi connectivity index (χ4n) is 9.74. The average Bonchev–Trinajstić information content (AvgIpc) is 3.44. The van der Waals surface area contributed by atoms with Gasteiger partial charge in [-0.05, 0) is 83.5 Å². The number of allylic oxidation sites excluding steroid dienone is 12. The SMILES string of the molecule is CC/C=C\C/C=C\C/C=C\C/C=C\C/C=C\CCCCCCCCCCCCCCCCCCCCCC(=O)OC(COC(=O)CCCCCCCCCCC/C=C\CCCCCCCCCC)COC(OCC[N+](C)(C)C)C(=O)O. The Morgan fingerprint density at radius 1 is 0.383 bits per heavy atom. The summed E-state index contributed by atoms with van der Waals surface area (Å²) >= 11 is 0. The summed E-state index contributed by atoms with van der Waals surface area (Å²) in [6, 6.07) is 0. The van der Waals surface area contributed by atoms with E-state index in [4.69, 9.17) is 18.9 Å². The number of quaternary nitrogens is 1. The summed E-state index contributed by atoms with van der Waals surface area (Å²) in [5.41, 5.74) is 0. The Balaban J connectivity index is 4.07. The Morgan fingerprint density at radius 3 is 1.06 bits per heavy atom. The highest BCUT2D eigenvalue weighted by atomic mass is 16.7. The number of nitrogens with zero attached hydrogens (tertiary/aromatic N) is 1. The van der Waals surface area contributed by atoms with Crippen LogP contribution in [0, 0.1) is 0 Å². The first-order valence-corrected chi connectivity index (χ1v) is 34.1. The van der Waals surface area contributed by atoms with Gasteiger partial charge in [0, 0.05) is 12.8 Å². The number of esters is 2. The van der Waals surface area contributed by atoms with Crippen molar-refractivity contribution < 1.29 is 42.9 Å². The molecule has 0 spiro atoms. The molecule has 0 aromatic heterocycles. The minimum absolute atomic E-state index is 0.181. The summed E-state index contributed by atoms with van der Waals surface area (Å²) in [4.78, 5) is 37.6. The molecule has 1 N–H and O–H groups in total. The molecule has 0 aromatic rings. The highest BCUT2D eigenvalue weighted by Crippen LogP contribution is 2.18. The van der Waals surface area contributed by atoms with Gasteiger partial charge in [-0.25, -0.2) is 4.79 Å². The van der Waals surface area contributed by atoms with E-state index in [1.54, 1.807) is 0 Å². The van der Waals surface area contributed by atoms with Gasteiger partial charge in [0.15, 0.2) is 6.10 Å². The quantitative estimate of drug-likeness (QED) is 0.0211. The third-order valence-corrected chi connectivity index (χ3v) is 14.9. The third-order valence-electron chi connectivity index (χ3n) is 14.9. The lowest BCUT2D eigenvalue weighted by Crippen LogP contribution is -2.40. The van der Waals surface area contributed by atoms with Crippen LogP contribution in [0.25, 0.3) is 0 Å². The van der Waals surface area contributed by atoms with Gasteiger partial charge in [-0.3, -0.25) is 9.59 Å². The smallest absolute Gasteiger partial charge is 0.361 e. The van der Waals surface area contributed by atoms with E-state index in [0.29, 0.717) is 17.4 Å². The topological polar surface area (TPSA) is 108 Å². The van der Waals surface area contributed by atoms with Crippen molar-refractivity contribution in [1.82, 2.24) is 0 Å². The largest absolute Gasteiger partial charge is 0.477 e. The number of carbonyl (C=O) groups excluding carboxylic acids is 2. The molecule has 0 amide bonds. The first-order chi connectivity index (χ1) is 39.6. The first-order valence-electron chi connectivity index (χ1n) is 34.1. The predicted octanol–water partition coefficient (Wildman–Crippen LogP) is 20.9. The van der Waals surface area contributed by atoms with Crippen LogP contribution in [0.4, 0.5) is 0 Å². The lowest BCUT2D eigenvalue weighted by molar-refractivity contribution is -0.870. The van der Waals surface area contributed by atoms with Gasteiger partial charge in [-0.2, -0.15) is 0 Å². The normalized spacial score (nSPS) is 13.1. The first kappa shape index (κ1) is 77.7. The molecule has 2 unspecified atom stereocenters. The summed E-state index contributed by atoms with van der Waals surface area (Å²) < 4.78 is 23.0. The van der Waals surface area contributed by atoms with Gasteiger partial charge in [0.2, 0.25) is 0 Å². The molecular formula is C72H130NO8+. The number of unbranched alkanes of at least 4 members (excludes halogenated alkanes) is 36. The zero-order valence-corrected chi connectivity index (χ0v) is 53.7. The van der Waals surface area contributed by atoms with Gasteiger partial charge in [0.1, 0.15) is 13.2 Å². The van der Waals surface area contributed by atoms with Crippen molar-refractivity contribution >= 4 is 17.9 Å². The van der Waals surface area contributed by atoms with Crippen LogP contribution in [0.1, 0.15) is 309 Å². The number of carbonyl (C=O) groups is 3. The molecule has 0 aliphatic carbocycles. The van der Waals surface area contributed by atoms with E-state index in [-0.39, 0.29) is 32.2 Å². The minimum atomic E-state index is -1.51. The number of ether oxygens (including phenoxy) is 4. The molecule has 0 bridgehead atoms. The fourth-order valence-corrected chi connectivity index (χ4v) is 9.74. The van der Waals surface area contributed by atoms with Gasteiger partial charge < -0.3 is 28.5 Å². The highest BCUT2D eigenvalue weighted by Gasteiger charge is 2.25. The van der Waals surface area contributed by atoms with E-state index in [9.17, 15) is 19.5 Å². The Labute approximate surface area is 500 Å². The van der Waals surface area contributed by atoms with Crippen LogP contribution in [-0.2, 0) is 33.3 Å². The van der Waals surface area contributed by atoms with Gasteiger partial charge in [-0.15, -0.1) is 0 Å². The summed E-state index contributed by atoms with van der Waals surface area (Å²) in [6.45, 7) is 4.80. The van der Waals surface area contributed by atoms with Crippen LogP contribution in [-0.4, -0.2) is 87.4 Å². The monoisotopic (exact) mass is 1140 g/mol. The number of rotatable bonds is 63.